The van der Waals surface area contributed by atoms with Crippen LogP contribution >= 0.6 is 34.5 Å². The molecular formula is C14H16Cl2OS. The van der Waals surface area contributed by atoms with Crippen molar-refractivity contribution in [2.24, 2.45) is 16.2 Å². The number of carbonyl (C=O) groups excluding carboxylic acids is 1. The maximum atomic E-state index is 12.7. The zero-order chi connectivity index (χ0) is 13.8. The van der Waals surface area contributed by atoms with Crippen molar-refractivity contribution in [3.05, 3.63) is 33.0 Å². The van der Waals surface area contributed by atoms with Crippen LogP contribution in [0.1, 0.15) is 37.4 Å². The lowest BCUT2D eigenvalue weighted by atomic mass is 9.90. The van der Waals surface area contributed by atoms with Crippen molar-refractivity contribution in [3.8, 4) is 0 Å². The third-order valence-electron chi connectivity index (χ3n) is 5.12. The Kier molecular flexibility index (Phi) is 3.21. The number of hydrogen-bond donors (Lipinski definition) is 0. The zero-order valence-corrected chi connectivity index (χ0v) is 13.2. The van der Waals surface area contributed by atoms with E-state index in [2.05, 4.69) is 13.8 Å². The molecule has 1 fully saturated rings. The Morgan fingerprint density at radius 1 is 1.28 bits per heavy atom. The summed E-state index contributed by atoms with van der Waals surface area (Å²) in [7, 11) is 0. The lowest BCUT2D eigenvalue weighted by Gasteiger charge is -2.13. The monoisotopic (exact) mass is 302 g/mol. The number of Topliss-reactive ketones (excluding diaryl/α,β-unsaturated/α-hetero) is 1. The van der Waals surface area contributed by atoms with Crippen LogP contribution in [-0.4, -0.2) is 5.78 Å². The van der Waals surface area contributed by atoms with Gasteiger partial charge in [-0.3, -0.25) is 4.79 Å². The van der Waals surface area contributed by atoms with Gasteiger partial charge in [0.25, 0.3) is 0 Å². The Morgan fingerprint density at radius 3 is 2.33 bits per heavy atom. The molecule has 1 saturated carbocycles. The van der Waals surface area contributed by atoms with E-state index in [9.17, 15) is 4.79 Å². The number of thiophene rings is 1. The summed E-state index contributed by atoms with van der Waals surface area (Å²) in [5.74, 6) is 0.177. The van der Waals surface area contributed by atoms with Gasteiger partial charge in [0.15, 0.2) is 5.78 Å². The van der Waals surface area contributed by atoms with E-state index in [0.717, 1.165) is 4.88 Å². The van der Waals surface area contributed by atoms with Crippen molar-refractivity contribution in [1.82, 2.24) is 0 Å². The van der Waals surface area contributed by atoms with E-state index < -0.39 is 5.41 Å². The Labute approximate surface area is 122 Å². The summed E-state index contributed by atoms with van der Waals surface area (Å²) in [6.07, 6.45) is 1.81. The Hall–Kier alpha value is -0.310. The lowest BCUT2D eigenvalue weighted by Crippen LogP contribution is -2.19. The van der Waals surface area contributed by atoms with Crippen LogP contribution in [0, 0.1) is 16.2 Å². The van der Waals surface area contributed by atoms with E-state index in [1.807, 2.05) is 37.4 Å². The predicted molar refractivity (Wildman–Crippen MR) is 78.4 cm³/mol. The highest BCUT2D eigenvalue weighted by Crippen LogP contribution is 2.79. The molecule has 0 amide bonds. The number of carbonyl (C=O) groups is 1. The SMILES string of the molecule is CC1(C)[C@](C)(C=C(Cl)Cl)[C@@]1(C)C(=O)c1cccs1. The maximum Gasteiger partial charge on any atom is 0.180 e. The first kappa shape index (κ1) is 14.1. The molecule has 0 bridgehead atoms. The highest BCUT2D eigenvalue weighted by molar-refractivity contribution is 7.12. The molecule has 1 aromatic heterocycles. The molecule has 18 heavy (non-hydrogen) atoms. The number of rotatable bonds is 3. The molecule has 0 saturated heterocycles. The molecule has 0 unspecified atom stereocenters. The number of hydrogen-bond acceptors (Lipinski definition) is 2. The van der Waals surface area contributed by atoms with Gasteiger partial charge >= 0.3 is 0 Å². The first-order valence-corrected chi connectivity index (χ1v) is 7.44. The Bertz CT molecular complexity index is 514. The topological polar surface area (TPSA) is 17.1 Å². The largest absolute Gasteiger partial charge is 0.293 e. The van der Waals surface area contributed by atoms with Crippen molar-refractivity contribution >= 4 is 40.3 Å². The number of halogens is 2. The molecule has 1 aromatic rings. The summed E-state index contributed by atoms with van der Waals surface area (Å²) in [5, 5.41) is 1.92. The molecule has 1 aliphatic carbocycles. The van der Waals surface area contributed by atoms with Gasteiger partial charge in [0.05, 0.1) is 4.88 Å². The van der Waals surface area contributed by atoms with E-state index in [0.29, 0.717) is 0 Å². The van der Waals surface area contributed by atoms with Gasteiger partial charge in [-0.25, -0.2) is 0 Å². The van der Waals surface area contributed by atoms with E-state index in [-0.39, 0.29) is 21.1 Å². The molecule has 2 rings (SSSR count). The molecule has 1 aliphatic rings. The van der Waals surface area contributed by atoms with Crippen molar-refractivity contribution in [2.75, 3.05) is 0 Å². The molecule has 0 radical (unpaired) electrons. The van der Waals surface area contributed by atoms with Gasteiger partial charge < -0.3 is 0 Å². The highest BCUT2D eigenvalue weighted by atomic mass is 35.5. The maximum absolute atomic E-state index is 12.7. The van der Waals surface area contributed by atoms with Crippen LogP contribution in [0.15, 0.2) is 28.1 Å². The second-order valence-corrected chi connectivity index (χ2v) is 7.65. The first-order valence-electron chi connectivity index (χ1n) is 5.80. The third kappa shape index (κ3) is 1.55. The van der Waals surface area contributed by atoms with Gasteiger partial charge in [0.2, 0.25) is 0 Å². The van der Waals surface area contributed by atoms with Crippen LogP contribution in [0.25, 0.3) is 0 Å². The van der Waals surface area contributed by atoms with E-state index in [1.54, 1.807) is 0 Å². The highest BCUT2D eigenvalue weighted by Gasteiger charge is 2.79. The molecule has 2 atom stereocenters. The molecular weight excluding hydrogens is 287 g/mol. The second kappa shape index (κ2) is 4.09. The van der Waals surface area contributed by atoms with Crippen molar-refractivity contribution in [1.29, 1.82) is 0 Å². The number of allylic oxidation sites excluding steroid dienone is 1. The van der Waals surface area contributed by atoms with Crippen LogP contribution in [0.5, 0.6) is 0 Å². The van der Waals surface area contributed by atoms with Crippen molar-refractivity contribution < 1.29 is 4.79 Å². The lowest BCUT2D eigenvalue weighted by molar-refractivity contribution is 0.0877. The molecule has 0 aliphatic heterocycles. The second-order valence-electron chi connectivity index (χ2n) is 5.69. The average Bonchev–Trinajstić information content (AvgIpc) is 2.72. The minimum Gasteiger partial charge on any atom is -0.293 e. The first-order chi connectivity index (χ1) is 8.18. The fourth-order valence-electron chi connectivity index (χ4n) is 3.10. The minimum absolute atomic E-state index is 0.157. The molecule has 4 heteroatoms. The van der Waals surface area contributed by atoms with Crippen LogP contribution < -0.4 is 0 Å². The van der Waals surface area contributed by atoms with Gasteiger partial charge in [-0.1, -0.05) is 57.0 Å². The van der Waals surface area contributed by atoms with Gasteiger partial charge in [-0.2, -0.15) is 0 Å². The summed E-state index contributed by atoms with van der Waals surface area (Å²) in [6, 6.07) is 3.78. The summed E-state index contributed by atoms with van der Waals surface area (Å²) >= 11 is 13.1. The summed E-state index contributed by atoms with van der Waals surface area (Å²) in [4.78, 5) is 13.5. The van der Waals surface area contributed by atoms with Crippen LogP contribution in [0.3, 0.4) is 0 Å². The van der Waals surface area contributed by atoms with Crippen LogP contribution in [-0.2, 0) is 0 Å². The van der Waals surface area contributed by atoms with E-state index in [4.69, 9.17) is 23.2 Å². The van der Waals surface area contributed by atoms with Crippen LogP contribution in [0.4, 0.5) is 0 Å². The number of ketones is 1. The molecule has 98 valence electrons. The summed E-state index contributed by atoms with van der Waals surface area (Å²) in [5.41, 5.74) is -0.921. The molecule has 0 N–H and O–H groups in total. The summed E-state index contributed by atoms with van der Waals surface area (Å²) in [6.45, 7) is 8.23. The predicted octanol–water partition coefficient (Wildman–Crippen LogP) is 5.30. The normalized spacial score (nSPS) is 33.0. The van der Waals surface area contributed by atoms with E-state index >= 15 is 0 Å². The zero-order valence-electron chi connectivity index (χ0n) is 10.9. The molecule has 0 spiro atoms. The third-order valence-corrected chi connectivity index (χ3v) is 6.21. The van der Waals surface area contributed by atoms with Crippen LogP contribution in [0.2, 0.25) is 0 Å². The average molecular weight is 303 g/mol. The Balaban J connectivity index is 2.45. The fraction of sp³-hybridized carbons (Fsp3) is 0.500. The van der Waals surface area contributed by atoms with Crippen molar-refractivity contribution in [3.63, 3.8) is 0 Å². The molecule has 0 aromatic carbocycles. The van der Waals surface area contributed by atoms with Gasteiger partial charge in [-0.15, -0.1) is 11.3 Å². The van der Waals surface area contributed by atoms with Crippen molar-refractivity contribution in [2.45, 2.75) is 27.7 Å². The fourth-order valence-corrected chi connectivity index (χ4v) is 4.31. The quantitative estimate of drug-likeness (QED) is 0.692. The standard InChI is InChI=1S/C14H16Cl2OS/c1-12(2)13(3,8-10(15)16)14(12,4)11(17)9-6-5-7-18-9/h5-8H,1-4H3/t13-,14-/m0/s1. The minimum atomic E-state index is -0.458. The molecule has 1 heterocycles. The Morgan fingerprint density at radius 2 is 1.89 bits per heavy atom. The van der Waals surface area contributed by atoms with Gasteiger partial charge in [0.1, 0.15) is 4.49 Å². The smallest absolute Gasteiger partial charge is 0.180 e. The van der Waals surface area contributed by atoms with Gasteiger partial charge in [-0.05, 0) is 22.9 Å². The van der Waals surface area contributed by atoms with Gasteiger partial charge in [0, 0.05) is 10.8 Å². The molecule has 1 nitrogen and oxygen atoms in total. The summed E-state index contributed by atoms with van der Waals surface area (Å²) < 4.78 is 0.230. The van der Waals surface area contributed by atoms with E-state index in [1.165, 1.54) is 11.3 Å².